The van der Waals surface area contributed by atoms with Gasteiger partial charge in [-0.05, 0) is 0 Å². The molecule has 0 saturated heterocycles. The van der Waals surface area contributed by atoms with Crippen molar-refractivity contribution in [3.8, 4) is 23.0 Å². The van der Waals surface area contributed by atoms with Crippen LogP contribution >= 0.6 is 9.24 Å². The van der Waals surface area contributed by atoms with E-state index in [0.29, 0.717) is 23.0 Å². The number of methoxy groups -OCH3 is 4. The van der Waals surface area contributed by atoms with Crippen LogP contribution in [0.1, 0.15) is 0 Å². The summed E-state index contributed by atoms with van der Waals surface area (Å²) in [5, 5.41) is 0.965. The highest BCUT2D eigenvalue weighted by Gasteiger charge is 2.21. The normalized spacial score (nSPS) is 9.87. The summed E-state index contributed by atoms with van der Waals surface area (Å²) in [7, 11) is 8.03. The summed E-state index contributed by atoms with van der Waals surface area (Å²) in [6.45, 7) is 0. The quantitative estimate of drug-likeness (QED) is 0.723. The van der Waals surface area contributed by atoms with Gasteiger partial charge in [0.15, 0.2) is 5.75 Å². The van der Waals surface area contributed by atoms with Gasteiger partial charge in [-0.25, -0.2) is 0 Å². The third-order valence-corrected chi connectivity index (χ3v) is 2.59. The van der Waals surface area contributed by atoms with Gasteiger partial charge in [-0.2, -0.15) is 0 Å². The van der Waals surface area contributed by atoms with Gasteiger partial charge in [0, 0.05) is 15.3 Å². The second-order valence-corrected chi connectivity index (χ2v) is 3.60. The zero-order valence-corrected chi connectivity index (χ0v) is 10.8. The van der Waals surface area contributed by atoms with Crippen LogP contribution in [-0.2, 0) is 0 Å². The Morgan fingerprint density at radius 3 is 1.73 bits per heavy atom. The minimum atomic E-state index is 0.548. The van der Waals surface area contributed by atoms with Gasteiger partial charge >= 0.3 is 0 Å². The van der Waals surface area contributed by atoms with E-state index < -0.39 is 0 Å². The monoisotopic (exact) mass is 231 g/mol. The van der Waals surface area contributed by atoms with Crippen molar-refractivity contribution < 1.29 is 18.9 Å². The maximum Gasteiger partial charge on any atom is 0.211 e. The van der Waals surface area contributed by atoms with Crippen molar-refractivity contribution in [3.05, 3.63) is 6.07 Å². The van der Waals surface area contributed by atoms with Crippen molar-refractivity contribution in [2.24, 2.45) is 0 Å². The maximum absolute atomic E-state index is 5.26. The lowest BCUT2D eigenvalue weighted by Gasteiger charge is -2.15. The molecule has 0 aliphatic carbocycles. The Kier molecular flexibility index (Phi) is 4.04. The molecule has 1 aromatic rings. The number of hydrogen-bond acceptors (Lipinski definition) is 4. The van der Waals surface area contributed by atoms with Crippen molar-refractivity contribution in [1.29, 1.82) is 0 Å². The van der Waals surface area contributed by atoms with E-state index in [1.165, 1.54) is 0 Å². The first kappa shape index (κ1) is 11.9. The van der Waals surface area contributed by atoms with E-state index in [1.54, 1.807) is 37.7 Å². The molecule has 0 heterocycles. The molecule has 0 N–H and O–H groups in total. The van der Waals surface area contributed by atoms with Crippen molar-refractivity contribution in [1.82, 2.24) is 0 Å². The average molecular weight is 231 g/mol. The van der Waals surface area contributed by atoms with Crippen LogP contribution in [0.2, 0.25) is 0 Å². The molecule has 1 atom stereocenters. The van der Waals surface area contributed by atoms with E-state index in [0.717, 1.165) is 5.30 Å². The predicted octanol–water partition coefficient (Wildman–Crippen LogP) is 0.954. The fourth-order valence-electron chi connectivity index (χ4n) is 1.40. The van der Waals surface area contributed by atoms with E-state index in [2.05, 4.69) is 0 Å². The van der Waals surface area contributed by atoms with E-state index in [9.17, 15) is 0 Å². The van der Waals surface area contributed by atoms with E-state index in [-0.39, 0.29) is 0 Å². The van der Waals surface area contributed by atoms with Gasteiger partial charge in [-0.3, -0.25) is 0 Å². The van der Waals surface area contributed by atoms with Crippen molar-refractivity contribution in [2.75, 3.05) is 28.4 Å². The topological polar surface area (TPSA) is 36.9 Å². The first-order valence-electron chi connectivity index (χ1n) is 4.38. The molecule has 84 valence electrons. The van der Waals surface area contributed by atoms with Crippen LogP contribution in [0.4, 0.5) is 0 Å². The smallest absolute Gasteiger partial charge is 0.211 e. The molecule has 0 fully saturated rings. The second-order valence-electron chi connectivity index (χ2n) is 2.84. The number of benzene rings is 1. The Labute approximate surface area is 91.7 Å². The van der Waals surface area contributed by atoms with E-state index >= 15 is 0 Å². The Bertz CT molecular complexity index is 352. The number of ether oxygens (including phenoxy) is 4. The molecule has 0 saturated carbocycles. The van der Waals surface area contributed by atoms with Gasteiger partial charge in [0.05, 0.1) is 28.4 Å². The Morgan fingerprint density at radius 2 is 1.33 bits per heavy atom. The summed E-state index contributed by atoms with van der Waals surface area (Å²) in [5.74, 6) is 2.42. The minimum Gasteiger partial charge on any atom is -0.493 e. The maximum atomic E-state index is 5.26. The van der Waals surface area contributed by atoms with Crippen LogP contribution in [0.15, 0.2) is 6.07 Å². The molecule has 5 heteroatoms. The molecule has 0 aliphatic heterocycles. The molecule has 0 spiro atoms. The minimum absolute atomic E-state index is 0.548. The molecular weight excluding hydrogens is 215 g/mol. The fourth-order valence-corrected chi connectivity index (χ4v) is 1.89. The second kappa shape index (κ2) is 5.08. The number of rotatable bonds is 4. The Hall–Kier alpha value is -1.15. The van der Waals surface area contributed by atoms with Gasteiger partial charge in [0.25, 0.3) is 0 Å². The zero-order chi connectivity index (χ0) is 11.4. The Balaban J connectivity index is 3.44. The highest BCUT2D eigenvalue weighted by atomic mass is 31.0. The van der Waals surface area contributed by atoms with Crippen molar-refractivity contribution in [3.63, 3.8) is 0 Å². The van der Waals surface area contributed by atoms with Gasteiger partial charge in [-0.15, -0.1) is 0 Å². The van der Waals surface area contributed by atoms with Crippen molar-refractivity contribution >= 4 is 14.5 Å². The summed E-state index contributed by atoms with van der Waals surface area (Å²) < 4.78 is 20.9. The van der Waals surface area contributed by atoms with Gasteiger partial charge in [-0.1, -0.05) is 0 Å². The molecule has 4 nitrogen and oxygen atoms in total. The lowest BCUT2D eigenvalue weighted by Crippen LogP contribution is -2.05. The lowest BCUT2D eigenvalue weighted by molar-refractivity contribution is 0.307. The molecule has 0 radical (unpaired) electrons. The van der Waals surface area contributed by atoms with Crippen molar-refractivity contribution in [2.45, 2.75) is 0 Å². The van der Waals surface area contributed by atoms with Crippen LogP contribution < -0.4 is 24.3 Å². The first-order valence-corrected chi connectivity index (χ1v) is 5.09. The summed E-state index contributed by atoms with van der Waals surface area (Å²) >= 11 is 0. The average Bonchev–Trinajstić information content (AvgIpc) is 2.27. The molecule has 1 rings (SSSR count). The van der Waals surface area contributed by atoms with Crippen LogP contribution in [0.25, 0.3) is 0 Å². The molecule has 0 amide bonds. The molecule has 0 bridgehead atoms. The largest absolute Gasteiger partial charge is 0.493 e. The summed E-state index contributed by atoms with van der Waals surface area (Å²) in [4.78, 5) is 0. The third kappa shape index (κ3) is 2.10. The summed E-state index contributed by atoms with van der Waals surface area (Å²) in [6, 6.07) is 1.86. The highest BCUT2D eigenvalue weighted by molar-refractivity contribution is 7.27. The van der Waals surface area contributed by atoms with Gasteiger partial charge in [0.1, 0.15) is 5.30 Å². The van der Waals surface area contributed by atoms with Crippen LogP contribution in [-0.4, -0.2) is 28.4 Å². The van der Waals surface area contributed by atoms with Crippen LogP contribution in [0.3, 0.4) is 0 Å². The highest BCUT2D eigenvalue weighted by Crippen LogP contribution is 2.43. The van der Waals surface area contributed by atoms with E-state index in [4.69, 9.17) is 18.9 Å². The standard InChI is InChI=1S/C10H15O4P/c1-11-6-5-7(15)9(13-3)10(14-4)8(6)12-2/h5H,15H2,1-4H3/p+1. The van der Waals surface area contributed by atoms with Gasteiger partial charge < -0.3 is 18.9 Å². The molecule has 0 aliphatic rings. The molecule has 15 heavy (non-hydrogen) atoms. The molecule has 1 aromatic carbocycles. The third-order valence-electron chi connectivity index (χ3n) is 2.07. The number of hydrogen-bond donors (Lipinski definition) is 0. The lowest BCUT2D eigenvalue weighted by atomic mass is 10.2. The van der Waals surface area contributed by atoms with Crippen LogP contribution in [0, 0.1) is 0 Å². The SMILES string of the molecule is COc1cc([PH3+])c(OC)c(OC)c1OC. The predicted molar refractivity (Wildman–Crippen MR) is 63.4 cm³/mol. The van der Waals surface area contributed by atoms with E-state index in [1.807, 2.05) is 6.07 Å². The van der Waals surface area contributed by atoms with Crippen LogP contribution in [0.5, 0.6) is 23.0 Å². The zero-order valence-electron chi connectivity index (χ0n) is 9.42. The Morgan fingerprint density at radius 1 is 0.800 bits per heavy atom. The van der Waals surface area contributed by atoms with Gasteiger partial charge in [0.2, 0.25) is 17.2 Å². The summed E-state index contributed by atoms with van der Waals surface area (Å²) in [5.41, 5.74) is 0. The first-order chi connectivity index (χ1) is 7.19. The fraction of sp³-hybridized carbons (Fsp3) is 0.400. The molecular formula is C10H16O4P+. The molecule has 1 unspecified atom stereocenters. The summed E-state index contributed by atoms with van der Waals surface area (Å²) in [6.07, 6.45) is 0. The molecule has 0 aromatic heterocycles.